The lowest BCUT2D eigenvalue weighted by Crippen LogP contribution is -2.32. The molecule has 1 fully saturated rings. The first-order valence-corrected chi connectivity index (χ1v) is 5.74. The summed E-state index contributed by atoms with van der Waals surface area (Å²) in [6.45, 7) is 1.70. The predicted molar refractivity (Wildman–Crippen MR) is 62.3 cm³/mol. The third-order valence-corrected chi connectivity index (χ3v) is 3.70. The maximum absolute atomic E-state index is 11.5. The Balaban J connectivity index is 2.58. The second kappa shape index (κ2) is 3.95. The lowest BCUT2D eigenvalue weighted by Gasteiger charge is -2.25. The molecule has 1 aromatic rings. The Bertz CT molecular complexity index is 459. The van der Waals surface area contributed by atoms with E-state index in [0.29, 0.717) is 24.0 Å². The Kier molecular flexibility index (Phi) is 2.73. The normalized spacial score (nSPS) is 18.2. The first-order chi connectivity index (χ1) is 7.97. The van der Waals surface area contributed by atoms with Crippen LogP contribution in [0.4, 0.5) is 0 Å². The standard InChI is InChI=1S/C13H16O4/c1-8-6-9(11(15)7-10(8)14)13(12(16)17)4-2-3-5-13/h6-7,14-15H,2-5H2,1H3,(H,16,17). The van der Waals surface area contributed by atoms with Crippen LogP contribution in [0.5, 0.6) is 11.5 Å². The number of carboxylic acids is 1. The number of carbonyl (C=O) groups is 1. The van der Waals surface area contributed by atoms with Gasteiger partial charge in [0.2, 0.25) is 0 Å². The molecule has 0 bridgehead atoms. The van der Waals surface area contributed by atoms with Gasteiger partial charge in [-0.15, -0.1) is 0 Å². The lowest BCUT2D eigenvalue weighted by molar-refractivity contribution is -0.143. The van der Waals surface area contributed by atoms with Crippen molar-refractivity contribution >= 4 is 5.97 Å². The summed E-state index contributed by atoms with van der Waals surface area (Å²) in [4.78, 5) is 11.5. The van der Waals surface area contributed by atoms with E-state index >= 15 is 0 Å². The summed E-state index contributed by atoms with van der Waals surface area (Å²) in [5, 5.41) is 28.8. The minimum atomic E-state index is -0.984. The molecule has 1 saturated carbocycles. The van der Waals surface area contributed by atoms with Crippen molar-refractivity contribution in [3.8, 4) is 11.5 Å². The molecule has 0 aromatic heterocycles. The second-order valence-electron chi connectivity index (χ2n) is 4.75. The van der Waals surface area contributed by atoms with E-state index in [1.807, 2.05) is 0 Å². The second-order valence-corrected chi connectivity index (χ2v) is 4.75. The smallest absolute Gasteiger partial charge is 0.314 e. The molecular weight excluding hydrogens is 220 g/mol. The van der Waals surface area contributed by atoms with Crippen molar-refractivity contribution < 1.29 is 20.1 Å². The summed E-state index contributed by atoms with van der Waals surface area (Å²) >= 11 is 0. The Labute approximate surface area is 99.5 Å². The average molecular weight is 236 g/mol. The first-order valence-electron chi connectivity index (χ1n) is 5.74. The number of rotatable bonds is 2. The zero-order valence-electron chi connectivity index (χ0n) is 9.73. The third kappa shape index (κ3) is 1.73. The van der Waals surface area contributed by atoms with Crippen LogP contribution in [0, 0.1) is 6.92 Å². The van der Waals surface area contributed by atoms with Crippen LogP contribution in [0.1, 0.15) is 36.8 Å². The number of benzene rings is 1. The Morgan fingerprint density at radius 1 is 1.18 bits per heavy atom. The monoisotopic (exact) mass is 236 g/mol. The number of aryl methyl sites for hydroxylation is 1. The molecule has 2 rings (SSSR count). The minimum Gasteiger partial charge on any atom is -0.508 e. The molecule has 92 valence electrons. The van der Waals surface area contributed by atoms with Crippen molar-refractivity contribution in [1.82, 2.24) is 0 Å². The summed E-state index contributed by atoms with van der Waals surface area (Å²) in [6.07, 6.45) is 2.79. The summed E-state index contributed by atoms with van der Waals surface area (Å²) in [5.41, 5.74) is 0.0332. The van der Waals surface area contributed by atoms with Crippen molar-refractivity contribution in [3.05, 3.63) is 23.3 Å². The number of phenols is 2. The van der Waals surface area contributed by atoms with Gasteiger partial charge in [-0.3, -0.25) is 4.79 Å². The number of hydrogen-bond donors (Lipinski definition) is 3. The van der Waals surface area contributed by atoms with Gasteiger partial charge in [0, 0.05) is 11.6 Å². The van der Waals surface area contributed by atoms with Gasteiger partial charge in [0.05, 0.1) is 5.41 Å². The van der Waals surface area contributed by atoms with E-state index in [4.69, 9.17) is 0 Å². The molecule has 0 atom stereocenters. The van der Waals surface area contributed by atoms with Crippen LogP contribution in [0.2, 0.25) is 0 Å². The number of phenolic OH excluding ortho intramolecular Hbond substituents is 2. The Morgan fingerprint density at radius 2 is 1.76 bits per heavy atom. The fourth-order valence-electron chi connectivity index (χ4n) is 2.65. The van der Waals surface area contributed by atoms with E-state index in [-0.39, 0.29) is 11.5 Å². The van der Waals surface area contributed by atoms with Crippen molar-refractivity contribution in [3.63, 3.8) is 0 Å². The Hall–Kier alpha value is -1.71. The fourth-order valence-corrected chi connectivity index (χ4v) is 2.65. The molecule has 0 spiro atoms. The van der Waals surface area contributed by atoms with E-state index < -0.39 is 11.4 Å². The molecule has 1 aliphatic carbocycles. The molecule has 0 unspecified atom stereocenters. The first kappa shape index (κ1) is 11.8. The molecule has 1 aromatic carbocycles. The van der Waals surface area contributed by atoms with Crippen LogP contribution in [0.3, 0.4) is 0 Å². The highest BCUT2D eigenvalue weighted by Crippen LogP contribution is 2.46. The lowest BCUT2D eigenvalue weighted by atomic mass is 9.78. The zero-order valence-corrected chi connectivity index (χ0v) is 9.73. The fraction of sp³-hybridized carbons (Fsp3) is 0.462. The maximum atomic E-state index is 11.5. The Morgan fingerprint density at radius 3 is 2.29 bits per heavy atom. The van der Waals surface area contributed by atoms with Crippen LogP contribution in [0.15, 0.2) is 12.1 Å². The van der Waals surface area contributed by atoms with Crippen molar-refractivity contribution in [2.75, 3.05) is 0 Å². The molecule has 0 amide bonds. The number of aromatic hydroxyl groups is 2. The van der Waals surface area contributed by atoms with Crippen molar-refractivity contribution in [2.24, 2.45) is 0 Å². The van der Waals surface area contributed by atoms with Crippen LogP contribution >= 0.6 is 0 Å². The van der Waals surface area contributed by atoms with E-state index in [0.717, 1.165) is 12.8 Å². The third-order valence-electron chi connectivity index (χ3n) is 3.70. The topological polar surface area (TPSA) is 77.8 Å². The van der Waals surface area contributed by atoms with E-state index in [1.54, 1.807) is 13.0 Å². The highest BCUT2D eigenvalue weighted by molar-refractivity contribution is 5.83. The van der Waals surface area contributed by atoms with Crippen LogP contribution in [-0.4, -0.2) is 21.3 Å². The zero-order chi connectivity index (χ0) is 12.6. The molecule has 0 saturated heterocycles. The molecule has 4 heteroatoms. The van der Waals surface area contributed by atoms with Gasteiger partial charge in [-0.2, -0.15) is 0 Å². The molecule has 3 N–H and O–H groups in total. The van der Waals surface area contributed by atoms with E-state index in [2.05, 4.69) is 0 Å². The van der Waals surface area contributed by atoms with Gasteiger partial charge in [-0.1, -0.05) is 12.8 Å². The van der Waals surface area contributed by atoms with Crippen LogP contribution in [-0.2, 0) is 10.2 Å². The van der Waals surface area contributed by atoms with Crippen LogP contribution < -0.4 is 0 Å². The molecule has 0 aliphatic heterocycles. The highest BCUT2D eigenvalue weighted by atomic mass is 16.4. The van der Waals surface area contributed by atoms with Gasteiger partial charge >= 0.3 is 5.97 Å². The summed E-state index contributed by atoms with van der Waals surface area (Å²) in [7, 11) is 0. The highest BCUT2D eigenvalue weighted by Gasteiger charge is 2.44. The van der Waals surface area contributed by atoms with Gasteiger partial charge in [0.25, 0.3) is 0 Å². The molecule has 1 aliphatic rings. The van der Waals surface area contributed by atoms with Gasteiger partial charge in [0.1, 0.15) is 11.5 Å². The van der Waals surface area contributed by atoms with Crippen LogP contribution in [0.25, 0.3) is 0 Å². The number of carboxylic acid groups (broad SMARTS) is 1. The quantitative estimate of drug-likeness (QED) is 0.736. The van der Waals surface area contributed by atoms with Crippen molar-refractivity contribution in [1.29, 1.82) is 0 Å². The minimum absolute atomic E-state index is 0.00946. The number of hydrogen-bond acceptors (Lipinski definition) is 3. The van der Waals surface area contributed by atoms with Gasteiger partial charge in [0.15, 0.2) is 0 Å². The van der Waals surface area contributed by atoms with Gasteiger partial charge in [-0.25, -0.2) is 0 Å². The van der Waals surface area contributed by atoms with Gasteiger partial charge in [-0.05, 0) is 31.4 Å². The predicted octanol–water partition coefficient (Wildman–Crippen LogP) is 2.30. The van der Waals surface area contributed by atoms with E-state index in [1.165, 1.54) is 6.07 Å². The molecule has 17 heavy (non-hydrogen) atoms. The molecular formula is C13H16O4. The SMILES string of the molecule is Cc1cc(C2(C(=O)O)CCCC2)c(O)cc1O. The van der Waals surface area contributed by atoms with Gasteiger partial charge < -0.3 is 15.3 Å². The largest absolute Gasteiger partial charge is 0.508 e. The molecule has 0 radical (unpaired) electrons. The van der Waals surface area contributed by atoms with Crippen molar-refractivity contribution in [2.45, 2.75) is 38.0 Å². The summed E-state index contributed by atoms with van der Waals surface area (Å²) in [5.74, 6) is -1.03. The maximum Gasteiger partial charge on any atom is 0.314 e. The molecule has 0 heterocycles. The summed E-state index contributed by atoms with van der Waals surface area (Å²) in [6, 6.07) is 2.82. The number of aliphatic carboxylic acids is 1. The molecule has 4 nitrogen and oxygen atoms in total. The average Bonchev–Trinajstić information content (AvgIpc) is 2.73. The van der Waals surface area contributed by atoms with E-state index in [9.17, 15) is 20.1 Å². The summed E-state index contributed by atoms with van der Waals surface area (Å²) < 4.78 is 0.